The number of nitrogens with one attached hydrogen (secondary N) is 1. The largest absolute Gasteiger partial charge is 0.379 e. The number of hydrogen-bond acceptors (Lipinski definition) is 1. The number of anilines is 1. The quantitative estimate of drug-likeness (QED) is 0.829. The second-order valence-electron chi connectivity index (χ2n) is 4.73. The van der Waals surface area contributed by atoms with Crippen molar-refractivity contribution in [3.05, 3.63) is 65.0 Å². The first kappa shape index (κ1) is 12.6. The Kier molecular flexibility index (Phi) is 3.66. The molecule has 1 atom stereocenters. The normalized spacial score (nSPS) is 12.2. The third-order valence-electron chi connectivity index (χ3n) is 3.12. The molecule has 18 heavy (non-hydrogen) atoms. The average molecular weight is 243 g/mol. The molecule has 0 saturated carbocycles. The maximum Gasteiger partial charge on any atom is 0.123 e. The minimum Gasteiger partial charge on any atom is -0.379 e. The number of halogens is 1. The molecule has 0 aliphatic heterocycles. The molecule has 0 spiro atoms. The average Bonchev–Trinajstić information content (AvgIpc) is 2.32. The van der Waals surface area contributed by atoms with Gasteiger partial charge in [-0.1, -0.05) is 23.8 Å². The van der Waals surface area contributed by atoms with E-state index in [0.717, 1.165) is 5.69 Å². The molecule has 2 rings (SSSR count). The minimum atomic E-state index is -0.209. The van der Waals surface area contributed by atoms with Gasteiger partial charge in [-0.05, 0) is 56.2 Å². The van der Waals surface area contributed by atoms with Crippen LogP contribution in [0.1, 0.15) is 29.7 Å². The molecule has 0 aliphatic rings. The highest BCUT2D eigenvalue weighted by Crippen LogP contribution is 2.23. The second kappa shape index (κ2) is 5.21. The third kappa shape index (κ3) is 2.89. The van der Waals surface area contributed by atoms with Crippen LogP contribution in [0.2, 0.25) is 0 Å². The summed E-state index contributed by atoms with van der Waals surface area (Å²) in [6.07, 6.45) is 0. The van der Waals surface area contributed by atoms with E-state index in [1.54, 1.807) is 12.1 Å². The van der Waals surface area contributed by atoms with Crippen LogP contribution in [0.4, 0.5) is 10.1 Å². The van der Waals surface area contributed by atoms with Crippen LogP contribution >= 0.6 is 0 Å². The van der Waals surface area contributed by atoms with Gasteiger partial charge in [-0.25, -0.2) is 4.39 Å². The number of benzene rings is 2. The molecule has 0 radical (unpaired) electrons. The molecule has 0 saturated heterocycles. The van der Waals surface area contributed by atoms with Crippen LogP contribution in [-0.2, 0) is 0 Å². The smallest absolute Gasteiger partial charge is 0.123 e. The lowest BCUT2D eigenvalue weighted by molar-refractivity contribution is 0.628. The van der Waals surface area contributed by atoms with Crippen LogP contribution in [0, 0.1) is 19.7 Å². The van der Waals surface area contributed by atoms with Crippen molar-refractivity contribution in [3.63, 3.8) is 0 Å². The molecule has 1 N–H and O–H groups in total. The summed E-state index contributed by atoms with van der Waals surface area (Å²) in [5.74, 6) is -0.209. The first-order chi connectivity index (χ1) is 8.56. The molecule has 94 valence electrons. The highest BCUT2D eigenvalue weighted by molar-refractivity contribution is 5.46. The number of rotatable bonds is 3. The van der Waals surface area contributed by atoms with Crippen molar-refractivity contribution >= 4 is 5.69 Å². The fourth-order valence-corrected chi connectivity index (χ4v) is 2.19. The number of aryl methyl sites for hydroxylation is 2. The van der Waals surface area contributed by atoms with Gasteiger partial charge in [-0.2, -0.15) is 0 Å². The van der Waals surface area contributed by atoms with Gasteiger partial charge >= 0.3 is 0 Å². The van der Waals surface area contributed by atoms with Gasteiger partial charge in [0.1, 0.15) is 5.82 Å². The molecule has 2 aromatic carbocycles. The lowest BCUT2D eigenvalue weighted by Gasteiger charge is -2.18. The van der Waals surface area contributed by atoms with Gasteiger partial charge in [-0.3, -0.25) is 0 Å². The zero-order chi connectivity index (χ0) is 13.1. The van der Waals surface area contributed by atoms with Crippen molar-refractivity contribution < 1.29 is 4.39 Å². The predicted octanol–water partition coefficient (Wildman–Crippen LogP) is 4.62. The highest BCUT2D eigenvalue weighted by atomic mass is 19.1. The summed E-state index contributed by atoms with van der Waals surface area (Å²) in [5.41, 5.74) is 4.75. The van der Waals surface area contributed by atoms with Crippen LogP contribution in [-0.4, -0.2) is 0 Å². The van der Waals surface area contributed by atoms with Crippen molar-refractivity contribution in [2.45, 2.75) is 26.8 Å². The molecule has 1 unspecified atom stereocenters. The monoisotopic (exact) mass is 243 g/mol. The summed E-state index contributed by atoms with van der Waals surface area (Å²) < 4.78 is 12.8. The zero-order valence-corrected chi connectivity index (χ0v) is 11.0. The van der Waals surface area contributed by atoms with Crippen LogP contribution in [0.25, 0.3) is 0 Å². The van der Waals surface area contributed by atoms with Crippen LogP contribution < -0.4 is 5.32 Å². The van der Waals surface area contributed by atoms with E-state index in [0.29, 0.717) is 0 Å². The standard InChI is InChI=1S/C16H18FN/c1-11-4-9-16(12(2)10-11)13(3)18-15-7-5-14(17)6-8-15/h4-10,13,18H,1-3H3. The van der Waals surface area contributed by atoms with Crippen LogP contribution in [0.3, 0.4) is 0 Å². The van der Waals surface area contributed by atoms with Gasteiger partial charge in [0.2, 0.25) is 0 Å². The summed E-state index contributed by atoms with van der Waals surface area (Å²) in [4.78, 5) is 0. The fraction of sp³-hybridized carbons (Fsp3) is 0.250. The van der Waals surface area contributed by atoms with Gasteiger partial charge in [0.25, 0.3) is 0 Å². The van der Waals surface area contributed by atoms with E-state index in [-0.39, 0.29) is 11.9 Å². The lowest BCUT2D eigenvalue weighted by Crippen LogP contribution is -2.08. The van der Waals surface area contributed by atoms with Gasteiger partial charge in [0, 0.05) is 11.7 Å². The Bertz CT molecular complexity index is 531. The van der Waals surface area contributed by atoms with E-state index in [1.807, 2.05) is 0 Å². The molecule has 0 amide bonds. The van der Waals surface area contributed by atoms with E-state index in [1.165, 1.54) is 28.8 Å². The minimum absolute atomic E-state index is 0.205. The summed E-state index contributed by atoms with van der Waals surface area (Å²) in [5, 5.41) is 3.38. The first-order valence-electron chi connectivity index (χ1n) is 6.15. The maximum absolute atomic E-state index is 12.8. The van der Waals surface area contributed by atoms with E-state index in [4.69, 9.17) is 0 Å². The Labute approximate surface area is 108 Å². The van der Waals surface area contributed by atoms with Crippen LogP contribution in [0.5, 0.6) is 0 Å². The van der Waals surface area contributed by atoms with Crippen LogP contribution in [0.15, 0.2) is 42.5 Å². The summed E-state index contributed by atoms with van der Waals surface area (Å²) in [6.45, 7) is 6.32. The van der Waals surface area contributed by atoms with E-state index in [9.17, 15) is 4.39 Å². The SMILES string of the molecule is Cc1ccc(C(C)Nc2ccc(F)cc2)c(C)c1. The molecule has 0 heterocycles. The van der Waals surface area contributed by atoms with Crippen molar-refractivity contribution in [2.75, 3.05) is 5.32 Å². The maximum atomic E-state index is 12.8. The van der Waals surface area contributed by atoms with Gasteiger partial charge < -0.3 is 5.32 Å². The molecule has 2 heteroatoms. The Morgan fingerprint density at radius 2 is 1.67 bits per heavy atom. The Morgan fingerprint density at radius 1 is 1.00 bits per heavy atom. The number of hydrogen-bond donors (Lipinski definition) is 1. The molecular formula is C16H18FN. The van der Waals surface area contributed by atoms with Crippen molar-refractivity contribution in [3.8, 4) is 0 Å². The Balaban J connectivity index is 2.16. The lowest BCUT2D eigenvalue weighted by atomic mass is 10.00. The molecule has 0 fully saturated rings. The molecular weight excluding hydrogens is 225 g/mol. The Morgan fingerprint density at radius 3 is 2.28 bits per heavy atom. The molecule has 0 aromatic heterocycles. The van der Waals surface area contributed by atoms with Crippen molar-refractivity contribution in [1.29, 1.82) is 0 Å². The van der Waals surface area contributed by atoms with E-state index in [2.05, 4.69) is 44.3 Å². The molecule has 1 nitrogen and oxygen atoms in total. The van der Waals surface area contributed by atoms with Crippen molar-refractivity contribution in [2.24, 2.45) is 0 Å². The molecule has 0 aliphatic carbocycles. The fourth-order valence-electron chi connectivity index (χ4n) is 2.19. The summed E-state index contributed by atoms with van der Waals surface area (Å²) in [6, 6.07) is 13.1. The zero-order valence-electron chi connectivity index (χ0n) is 11.0. The van der Waals surface area contributed by atoms with E-state index < -0.39 is 0 Å². The highest BCUT2D eigenvalue weighted by Gasteiger charge is 2.08. The summed E-state index contributed by atoms with van der Waals surface area (Å²) >= 11 is 0. The topological polar surface area (TPSA) is 12.0 Å². The Hall–Kier alpha value is -1.83. The van der Waals surface area contributed by atoms with Gasteiger partial charge in [-0.15, -0.1) is 0 Å². The summed E-state index contributed by atoms with van der Waals surface area (Å²) in [7, 11) is 0. The molecule has 2 aromatic rings. The van der Waals surface area contributed by atoms with Gasteiger partial charge in [0.05, 0.1) is 0 Å². The predicted molar refractivity (Wildman–Crippen MR) is 74.4 cm³/mol. The third-order valence-corrected chi connectivity index (χ3v) is 3.12. The second-order valence-corrected chi connectivity index (χ2v) is 4.73. The van der Waals surface area contributed by atoms with E-state index >= 15 is 0 Å². The first-order valence-corrected chi connectivity index (χ1v) is 6.15. The van der Waals surface area contributed by atoms with Gasteiger partial charge in [0.15, 0.2) is 0 Å². The molecule has 0 bridgehead atoms. The van der Waals surface area contributed by atoms with Crippen molar-refractivity contribution in [1.82, 2.24) is 0 Å².